The second kappa shape index (κ2) is 4.01. The van der Waals surface area contributed by atoms with Gasteiger partial charge in [-0.05, 0) is 6.07 Å². The molecule has 1 heterocycles. The standard InChI is InChI=1S/C10H10N4O2/c11-10(16)13-9(15)6-14-8-4-2-1-3-7(8)5-12-14/h1-5H,6H2,(H3,11,13,15,16). The zero-order valence-corrected chi connectivity index (χ0v) is 8.38. The van der Waals surface area contributed by atoms with Crippen LogP contribution in [0.15, 0.2) is 30.5 Å². The van der Waals surface area contributed by atoms with Crippen LogP contribution in [0.4, 0.5) is 4.79 Å². The number of rotatable bonds is 2. The Morgan fingerprint density at radius 3 is 2.88 bits per heavy atom. The number of primary amides is 1. The van der Waals surface area contributed by atoms with Gasteiger partial charge in [-0.15, -0.1) is 0 Å². The maximum absolute atomic E-state index is 11.3. The fourth-order valence-electron chi connectivity index (χ4n) is 1.46. The normalized spacial score (nSPS) is 10.2. The Hall–Kier alpha value is -2.37. The van der Waals surface area contributed by atoms with Gasteiger partial charge in [0.2, 0.25) is 5.91 Å². The summed E-state index contributed by atoms with van der Waals surface area (Å²) in [5, 5.41) is 6.97. The van der Waals surface area contributed by atoms with E-state index in [1.807, 2.05) is 29.6 Å². The topological polar surface area (TPSA) is 90.0 Å². The number of hydrogen-bond donors (Lipinski definition) is 2. The van der Waals surface area contributed by atoms with Crippen molar-refractivity contribution in [2.45, 2.75) is 6.54 Å². The molecule has 1 aromatic carbocycles. The van der Waals surface area contributed by atoms with Crippen molar-refractivity contribution >= 4 is 22.8 Å². The van der Waals surface area contributed by atoms with E-state index in [0.29, 0.717) is 0 Å². The molecule has 0 bridgehead atoms. The van der Waals surface area contributed by atoms with Crippen molar-refractivity contribution in [1.29, 1.82) is 0 Å². The predicted octanol–water partition coefficient (Wildman–Crippen LogP) is 0.231. The first-order valence-electron chi connectivity index (χ1n) is 4.66. The molecular formula is C10H10N4O2. The molecule has 2 aromatic rings. The van der Waals surface area contributed by atoms with E-state index in [2.05, 4.69) is 5.10 Å². The van der Waals surface area contributed by atoms with Crippen LogP contribution < -0.4 is 11.1 Å². The molecule has 3 N–H and O–H groups in total. The van der Waals surface area contributed by atoms with Gasteiger partial charge in [-0.2, -0.15) is 5.10 Å². The molecule has 6 nitrogen and oxygen atoms in total. The molecule has 0 spiro atoms. The Kier molecular flexibility index (Phi) is 2.55. The van der Waals surface area contributed by atoms with Crippen LogP contribution in [-0.2, 0) is 11.3 Å². The van der Waals surface area contributed by atoms with Crippen LogP contribution in [0.25, 0.3) is 10.9 Å². The van der Waals surface area contributed by atoms with Crippen LogP contribution in [0.3, 0.4) is 0 Å². The lowest BCUT2D eigenvalue weighted by molar-refractivity contribution is -0.120. The quantitative estimate of drug-likeness (QED) is 0.756. The van der Waals surface area contributed by atoms with Gasteiger partial charge >= 0.3 is 6.03 Å². The van der Waals surface area contributed by atoms with Crippen LogP contribution in [0.1, 0.15) is 0 Å². The van der Waals surface area contributed by atoms with E-state index >= 15 is 0 Å². The van der Waals surface area contributed by atoms with Gasteiger partial charge in [0.15, 0.2) is 0 Å². The van der Waals surface area contributed by atoms with Crippen molar-refractivity contribution < 1.29 is 9.59 Å². The number of nitrogens with one attached hydrogen (secondary N) is 1. The first-order valence-corrected chi connectivity index (χ1v) is 4.66. The van der Waals surface area contributed by atoms with Crippen molar-refractivity contribution in [1.82, 2.24) is 15.1 Å². The Morgan fingerprint density at radius 1 is 1.38 bits per heavy atom. The second-order valence-corrected chi connectivity index (χ2v) is 3.27. The Labute approximate surface area is 91.0 Å². The van der Waals surface area contributed by atoms with E-state index in [9.17, 15) is 9.59 Å². The highest BCUT2D eigenvalue weighted by Gasteiger charge is 2.08. The zero-order chi connectivity index (χ0) is 11.5. The predicted molar refractivity (Wildman–Crippen MR) is 57.5 cm³/mol. The molecule has 1 aromatic heterocycles. The zero-order valence-electron chi connectivity index (χ0n) is 8.38. The van der Waals surface area contributed by atoms with E-state index in [1.54, 1.807) is 6.20 Å². The molecule has 0 unspecified atom stereocenters. The molecule has 0 saturated carbocycles. The van der Waals surface area contributed by atoms with E-state index in [4.69, 9.17) is 5.73 Å². The molecule has 0 fully saturated rings. The third kappa shape index (κ3) is 2.00. The molecule has 6 heteroatoms. The molecule has 82 valence electrons. The number of aromatic nitrogens is 2. The molecule has 2 rings (SSSR count). The van der Waals surface area contributed by atoms with E-state index in [0.717, 1.165) is 10.9 Å². The van der Waals surface area contributed by atoms with E-state index in [-0.39, 0.29) is 6.54 Å². The van der Waals surface area contributed by atoms with Gasteiger partial charge in [0.25, 0.3) is 0 Å². The van der Waals surface area contributed by atoms with Crippen molar-refractivity contribution in [2.75, 3.05) is 0 Å². The minimum atomic E-state index is -0.860. The fourth-order valence-corrected chi connectivity index (χ4v) is 1.46. The number of urea groups is 1. The lowest BCUT2D eigenvalue weighted by Gasteiger charge is -2.02. The SMILES string of the molecule is NC(=O)NC(=O)Cn1ncc2ccccc21. The Morgan fingerprint density at radius 2 is 2.12 bits per heavy atom. The summed E-state index contributed by atoms with van der Waals surface area (Å²) in [5.41, 5.74) is 5.67. The highest BCUT2D eigenvalue weighted by molar-refractivity contribution is 5.93. The highest BCUT2D eigenvalue weighted by Crippen LogP contribution is 2.11. The lowest BCUT2D eigenvalue weighted by Crippen LogP contribution is -2.37. The van der Waals surface area contributed by atoms with Gasteiger partial charge in [0.1, 0.15) is 6.54 Å². The van der Waals surface area contributed by atoms with Gasteiger partial charge in [-0.25, -0.2) is 4.79 Å². The number of carbonyl (C=O) groups is 2. The molecule has 0 aliphatic heterocycles. The third-order valence-electron chi connectivity index (χ3n) is 2.11. The van der Waals surface area contributed by atoms with Crippen LogP contribution in [0.2, 0.25) is 0 Å². The Bertz CT molecular complexity index is 546. The summed E-state index contributed by atoms with van der Waals surface area (Å²) >= 11 is 0. The fraction of sp³-hybridized carbons (Fsp3) is 0.100. The second-order valence-electron chi connectivity index (χ2n) is 3.27. The van der Waals surface area contributed by atoms with Gasteiger partial charge in [0, 0.05) is 5.39 Å². The lowest BCUT2D eigenvalue weighted by atomic mass is 10.2. The molecule has 0 radical (unpaired) electrons. The average molecular weight is 218 g/mol. The van der Waals surface area contributed by atoms with Gasteiger partial charge in [-0.1, -0.05) is 18.2 Å². The summed E-state index contributed by atoms with van der Waals surface area (Å²) in [5.74, 6) is -0.485. The molecular weight excluding hydrogens is 208 g/mol. The number of benzene rings is 1. The summed E-state index contributed by atoms with van der Waals surface area (Å²) in [6, 6.07) is 6.62. The number of imide groups is 1. The summed E-state index contributed by atoms with van der Waals surface area (Å²) < 4.78 is 1.51. The number of hydrogen-bond acceptors (Lipinski definition) is 3. The Balaban J connectivity index is 2.21. The van der Waals surface area contributed by atoms with Crippen LogP contribution >= 0.6 is 0 Å². The summed E-state index contributed by atoms with van der Waals surface area (Å²) in [6.07, 6.45) is 1.66. The maximum atomic E-state index is 11.3. The number of fused-ring (bicyclic) bond motifs is 1. The summed E-state index contributed by atoms with van der Waals surface area (Å²) in [4.78, 5) is 21.8. The number of para-hydroxylation sites is 1. The molecule has 16 heavy (non-hydrogen) atoms. The summed E-state index contributed by atoms with van der Waals surface area (Å²) in [7, 11) is 0. The van der Waals surface area contributed by atoms with Crippen LogP contribution in [-0.4, -0.2) is 21.7 Å². The van der Waals surface area contributed by atoms with Gasteiger partial charge in [0.05, 0.1) is 11.7 Å². The number of amides is 3. The van der Waals surface area contributed by atoms with E-state index in [1.165, 1.54) is 4.68 Å². The number of nitrogens with two attached hydrogens (primary N) is 1. The highest BCUT2D eigenvalue weighted by atomic mass is 16.2. The van der Waals surface area contributed by atoms with Crippen molar-refractivity contribution in [2.24, 2.45) is 5.73 Å². The number of nitrogens with zero attached hydrogens (tertiary/aromatic N) is 2. The minimum Gasteiger partial charge on any atom is -0.351 e. The van der Waals surface area contributed by atoms with Crippen molar-refractivity contribution in [3.8, 4) is 0 Å². The molecule has 3 amide bonds. The largest absolute Gasteiger partial charge is 0.351 e. The monoisotopic (exact) mass is 218 g/mol. The van der Waals surface area contributed by atoms with Crippen molar-refractivity contribution in [3.05, 3.63) is 30.5 Å². The van der Waals surface area contributed by atoms with E-state index < -0.39 is 11.9 Å². The van der Waals surface area contributed by atoms with Crippen LogP contribution in [0, 0.1) is 0 Å². The van der Waals surface area contributed by atoms with Gasteiger partial charge < -0.3 is 5.73 Å². The molecule has 0 atom stereocenters. The molecule has 0 aliphatic carbocycles. The minimum absolute atomic E-state index is 0.0313. The first-order chi connectivity index (χ1) is 7.66. The maximum Gasteiger partial charge on any atom is 0.318 e. The average Bonchev–Trinajstić information content (AvgIpc) is 2.61. The smallest absolute Gasteiger partial charge is 0.318 e. The third-order valence-corrected chi connectivity index (χ3v) is 2.11. The first kappa shape index (κ1) is 10.2. The molecule has 0 aliphatic rings. The van der Waals surface area contributed by atoms with Crippen molar-refractivity contribution in [3.63, 3.8) is 0 Å². The van der Waals surface area contributed by atoms with Crippen LogP contribution in [0.5, 0.6) is 0 Å². The summed E-state index contributed by atoms with van der Waals surface area (Å²) in [6.45, 7) is -0.0313. The van der Waals surface area contributed by atoms with Gasteiger partial charge in [-0.3, -0.25) is 14.8 Å². The number of carbonyl (C=O) groups excluding carboxylic acids is 2. The molecule has 0 saturated heterocycles.